The Morgan fingerprint density at radius 3 is 1.20 bits per heavy atom. The van der Waals surface area contributed by atoms with Crippen LogP contribution in [0.15, 0.2) is 0 Å². The van der Waals surface area contributed by atoms with Gasteiger partial charge in [0.25, 0.3) is 0 Å². The Hall–Kier alpha value is -1.22. The summed E-state index contributed by atoms with van der Waals surface area (Å²) in [6, 6.07) is 0. The molecule has 2 aliphatic rings. The van der Waals surface area contributed by atoms with Crippen molar-refractivity contribution >= 4 is 47.2 Å². The van der Waals surface area contributed by atoms with Gasteiger partial charge >= 0.3 is 0 Å². The second-order valence-electron chi connectivity index (χ2n) is 9.66. The minimum absolute atomic E-state index is 0.0945. The topological polar surface area (TPSA) is 121 Å². The Labute approximate surface area is 253 Å². The normalized spacial score (nSPS) is 19.4. The van der Waals surface area contributed by atoms with E-state index in [4.69, 9.17) is 23.7 Å². The molecule has 0 aromatic carbocycles. The highest BCUT2D eigenvalue weighted by atomic mass is 32.2. The smallest absolute Gasteiger partial charge is 0.242 e. The first-order valence-corrected chi connectivity index (χ1v) is 16.9. The molecule has 2 rings (SSSR count). The number of thioether (sulfide) groups is 2. The van der Waals surface area contributed by atoms with Gasteiger partial charge in [-0.05, 0) is 24.3 Å². The number of nitrogens with zero attached hydrogens (tertiary/aromatic N) is 2. The van der Waals surface area contributed by atoms with Crippen LogP contribution in [0.2, 0.25) is 0 Å². The summed E-state index contributed by atoms with van der Waals surface area (Å²) in [5, 5.41) is -0.482. The highest BCUT2D eigenvalue weighted by molar-refractivity contribution is 8.00. The predicted octanol–water partition coefficient (Wildman–Crippen LogP) is 2.39. The molecule has 0 spiro atoms. The predicted molar refractivity (Wildman–Crippen MR) is 159 cm³/mol. The molecule has 0 saturated carbocycles. The van der Waals surface area contributed by atoms with E-state index >= 15 is 0 Å². The fourth-order valence-corrected chi connectivity index (χ4v) is 6.61. The van der Waals surface area contributed by atoms with Crippen molar-refractivity contribution in [2.24, 2.45) is 0 Å². The van der Waals surface area contributed by atoms with Gasteiger partial charge in [0.2, 0.25) is 23.6 Å². The van der Waals surface area contributed by atoms with Gasteiger partial charge in [-0.1, -0.05) is 26.7 Å². The van der Waals surface area contributed by atoms with Crippen LogP contribution in [0, 0.1) is 0 Å². The number of hydrogen-bond acceptors (Lipinski definition) is 11. The molecule has 2 aliphatic heterocycles. The van der Waals surface area contributed by atoms with Crippen molar-refractivity contribution in [3.8, 4) is 0 Å². The third-order valence-corrected chi connectivity index (χ3v) is 9.04. The van der Waals surface area contributed by atoms with E-state index in [2.05, 4.69) is 13.8 Å². The van der Waals surface area contributed by atoms with Crippen LogP contribution in [-0.4, -0.2) is 135 Å². The molecular weight excluding hydrogens is 572 g/mol. The number of ether oxygens (including phenoxy) is 5. The molecule has 0 radical (unpaired) electrons. The molecule has 2 unspecified atom stereocenters. The number of carbonyl (C=O) groups excluding carboxylic acids is 4. The number of likely N-dealkylation sites (tertiary alicyclic amines) is 2. The molecule has 0 bridgehead atoms. The van der Waals surface area contributed by atoms with E-state index in [9.17, 15) is 19.2 Å². The molecule has 0 aromatic rings. The molecule has 41 heavy (non-hydrogen) atoms. The summed E-state index contributed by atoms with van der Waals surface area (Å²) in [4.78, 5) is 51.5. The van der Waals surface area contributed by atoms with Crippen molar-refractivity contribution in [2.45, 2.75) is 62.9 Å². The number of carbonyl (C=O) groups is 4. The molecule has 2 atom stereocenters. The maximum atomic E-state index is 12.4. The van der Waals surface area contributed by atoms with E-state index < -0.39 is 0 Å². The molecule has 13 heteroatoms. The third kappa shape index (κ3) is 14.2. The Bertz CT molecular complexity index is 728. The van der Waals surface area contributed by atoms with E-state index in [1.54, 1.807) is 23.5 Å². The zero-order chi connectivity index (χ0) is 29.7. The lowest BCUT2D eigenvalue weighted by molar-refractivity contribution is -0.140. The second kappa shape index (κ2) is 22.3. The maximum Gasteiger partial charge on any atom is 0.242 e. The molecule has 0 N–H and O–H groups in total. The van der Waals surface area contributed by atoms with E-state index in [1.807, 2.05) is 0 Å². The molecule has 236 valence electrons. The van der Waals surface area contributed by atoms with Crippen molar-refractivity contribution < 1.29 is 42.9 Å². The molecule has 2 heterocycles. The lowest BCUT2D eigenvalue weighted by Crippen LogP contribution is -2.34. The van der Waals surface area contributed by atoms with Gasteiger partial charge in [0.15, 0.2) is 0 Å². The monoisotopic (exact) mass is 620 g/mol. The summed E-state index contributed by atoms with van der Waals surface area (Å²) >= 11 is 3.15. The van der Waals surface area contributed by atoms with Crippen LogP contribution in [0.25, 0.3) is 0 Å². The average Bonchev–Trinajstić information content (AvgIpc) is 3.38. The lowest BCUT2D eigenvalue weighted by Gasteiger charge is -2.15. The highest BCUT2D eigenvalue weighted by Crippen LogP contribution is 2.26. The first-order chi connectivity index (χ1) is 20.0. The van der Waals surface area contributed by atoms with Crippen LogP contribution >= 0.6 is 23.5 Å². The standard InChI is InChI=1S/C28H48N2O9S2/c1-3-5-19-40-23-21-25(31)29(27(23)33)7-9-35-11-13-37-15-17-39-18-16-38-14-12-36-10-8-30-26(32)22-24(28(30)34)41-20-6-4-2/h23-24H,3-22H2,1-2H3. The number of rotatable bonds is 26. The van der Waals surface area contributed by atoms with E-state index in [0.29, 0.717) is 78.9 Å². The highest BCUT2D eigenvalue weighted by Gasteiger charge is 2.39. The molecule has 0 aromatic heterocycles. The molecule has 2 fully saturated rings. The van der Waals surface area contributed by atoms with E-state index in [0.717, 1.165) is 37.2 Å². The van der Waals surface area contributed by atoms with Gasteiger partial charge in [0, 0.05) is 12.8 Å². The van der Waals surface area contributed by atoms with Crippen molar-refractivity contribution in [1.82, 2.24) is 9.80 Å². The van der Waals surface area contributed by atoms with Gasteiger partial charge in [0.1, 0.15) is 0 Å². The van der Waals surface area contributed by atoms with Crippen LogP contribution in [0.4, 0.5) is 0 Å². The number of amides is 4. The Balaban J connectivity index is 1.33. The Morgan fingerprint density at radius 2 is 0.878 bits per heavy atom. The van der Waals surface area contributed by atoms with Crippen molar-refractivity contribution in [2.75, 3.05) is 90.7 Å². The van der Waals surface area contributed by atoms with E-state index in [-0.39, 0.29) is 47.2 Å². The summed E-state index contributed by atoms with van der Waals surface area (Å²) in [6.07, 6.45) is 4.84. The average molecular weight is 621 g/mol. The Morgan fingerprint density at radius 1 is 0.561 bits per heavy atom. The Kier molecular flexibility index (Phi) is 19.6. The quantitative estimate of drug-likeness (QED) is 0.105. The van der Waals surface area contributed by atoms with Crippen LogP contribution in [-0.2, 0) is 42.9 Å². The fourth-order valence-electron chi connectivity index (χ4n) is 4.07. The number of unbranched alkanes of at least 4 members (excludes halogenated alkanes) is 2. The van der Waals surface area contributed by atoms with Crippen LogP contribution in [0.1, 0.15) is 52.4 Å². The van der Waals surface area contributed by atoms with Gasteiger partial charge in [-0.2, -0.15) is 0 Å². The minimum Gasteiger partial charge on any atom is -0.377 e. The zero-order valence-corrected chi connectivity index (χ0v) is 26.3. The lowest BCUT2D eigenvalue weighted by atomic mass is 10.3. The van der Waals surface area contributed by atoms with Gasteiger partial charge in [-0.25, -0.2) is 0 Å². The number of hydrogen-bond donors (Lipinski definition) is 0. The van der Waals surface area contributed by atoms with Crippen LogP contribution < -0.4 is 0 Å². The zero-order valence-electron chi connectivity index (χ0n) is 24.7. The molecular formula is C28H48N2O9S2. The summed E-state index contributed by atoms with van der Waals surface area (Å²) in [5.41, 5.74) is 0. The van der Waals surface area contributed by atoms with Crippen LogP contribution in [0.3, 0.4) is 0 Å². The first kappa shape index (κ1) is 36.0. The van der Waals surface area contributed by atoms with E-state index in [1.165, 1.54) is 9.80 Å². The van der Waals surface area contributed by atoms with Gasteiger partial charge in [-0.15, -0.1) is 23.5 Å². The second-order valence-corrected chi connectivity index (χ2v) is 12.3. The molecule has 2 saturated heterocycles. The molecule has 4 amide bonds. The van der Waals surface area contributed by atoms with Crippen molar-refractivity contribution in [3.05, 3.63) is 0 Å². The maximum absolute atomic E-state index is 12.4. The van der Waals surface area contributed by atoms with Gasteiger partial charge in [0.05, 0.1) is 89.7 Å². The molecule has 11 nitrogen and oxygen atoms in total. The summed E-state index contributed by atoms with van der Waals surface area (Å²) in [7, 11) is 0. The third-order valence-electron chi connectivity index (χ3n) is 6.45. The summed E-state index contributed by atoms with van der Waals surface area (Å²) in [6.45, 7) is 8.69. The molecule has 0 aliphatic carbocycles. The summed E-state index contributed by atoms with van der Waals surface area (Å²) in [5.74, 6) is 1.39. The van der Waals surface area contributed by atoms with Crippen molar-refractivity contribution in [1.29, 1.82) is 0 Å². The van der Waals surface area contributed by atoms with Gasteiger partial charge < -0.3 is 23.7 Å². The van der Waals surface area contributed by atoms with Crippen LogP contribution in [0.5, 0.6) is 0 Å². The summed E-state index contributed by atoms with van der Waals surface area (Å²) < 4.78 is 27.4. The number of imide groups is 2. The fraction of sp³-hybridized carbons (Fsp3) is 0.857. The van der Waals surface area contributed by atoms with Crippen molar-refractivity contribution in [3.63, 3.8) is 0 Å². The van der Waals surface area contributed by atoms with Gasteiger partial charge in [-0.3, -0.25) is 29.0 Å². The first-order valence-electron chi connectivity index (χ1n) is 14.8. The largest absolute Gasteiger partial charge is 0.377 e. The minimum atomic E-state index is -0.241. The SMILES string of the molecule is CCCCSC1CC(=O)N(CCOCCOCCOCCOCCOCCN2C(=O)CC(SCCCC)C2=O)C1=O.